The fourth-order valence-corrected chi connectivity index (χ4v) is 3.54. The van der Waals surface area contributed by atoms with Gasteiger partial charge < -0.3 is 27.7 Å². The third-order valence-electron chi connectivity index (χ3n) is 3.95. The van der Waals surface area contributed by atoms with Crippen molar-refractivity contribution in [1.82, 2.24) is 4.98 Å². The van der Waals surface area contributed by atoms with E-state index in [1.807, 2.05) is 54.1 Å². The first kappa shape index (κ1) is 17.3. The summed E-state index contributed by atoms with van der Waals surface area (Å²) in [6.07, 6.45) is 0. The average Bonchev–Trinajstić information content (AvgIpc) is 3.15. The molecule has 4 aromatic rings. The third kappa shape index (κ3) is 3.20. The predicted molar refractivity (Wildman–Crippen MR) is 97.8 cm³/mol. The molecule has 126 valence electrons. The summed E-state index contributed by atoms with van der Waals surface area (Å²) in [5.74, 6) is 1.29. The maximum Gasteiger partial charge on any atom is 0.408 e. The summed E-state index contributed by atoms with van der Waals surface area (Å²) in [5.41, 5.74) is 8.27. The lowest BCUT2D eigenvalue weighted by molar-refractivity contribution is -0.643. The zero-order valence-corrected chi connectivity index (χ0v) is 15.9. The van der Waals surface area contributed by atoms with Crippen LogP contribution in [0.4, 0.5) is 16.8 Å². The van der Waals surface area contributed by atoms with Crippen LogP contribution in [0.3, 0.4) is 0 Å². The van der Waals surface area contributed by atoms with Gasteiger partial charge in [0.25, 0.3) is 0 Å². The molecule has 0 aliphatic rings. The van der Waals surface area contributed by atoms with Crippen LogP contribution >= 0.6 is 11.3 Å². The van der Waals surface area contributed by atoms with Gasteiger partial charge in [0.1, 0.15) is 11.5 Å². The van der Waals surface area contributed by atoms with Crippen LogP contribution in [0.15, 0.2) is 70.2 Å². The van der Waals surface area contributed by atoms with Crippen molar-refractivity contribution in [1.29, 1.82) is 0 Å². The summed E-state index contributed by atoms with van der Waals surface area (Å²) in [5, 5.41) is 13.6. The number of halogens is 1. The molecule has 3 N–H and O–H groups in total. The maximum absolute atomic E-state index is 6.00. The largest absolute Gasteiger partial charge is 1.00 e. The van der Waals surface area contributed by atoms with Crippen molar-refractivity contribution in [2.24, 2.45) is 17.3 Å². The number of fused-ring (bicyclic) bond motifs is 1. The number of aromatic nitrogens is 2. The van der Waals surface area contributed by atoms with E-state index in [1.165, 1.54) is 0 Å². The van der Waals surface area contributed by atoms with Gasteiger partial charge in [-0.3, -0.25) is 0 Å². The highest BCUT2D eigenvalue weighted by Crippen LogP contribution is 2.32. The number of nitrogens with zero attached hydrogens (tertiary/aromatic N) is 3. The molecule has 0 unspecified atom stereocenters. The lowest BCUT2D eigenvalue weighted by Crippen LogP contribution is -3.00. The van der Waals surface area contributed by atoms with Crippen LogP contribution in [-0.4, -0.2) is 4.98 Å². The minimum absolute atomic E-state index is 0. The lowest BCUT2D eigenvalue weighted by Gasteiger charge is -1.96. The third-order valence-corrected chi connectivity index (χ3v) is 4.86. The quantitative estimate of drug-likeness (QED) is 0.389. The van der Waals surface area contributed by atoms with E-state index in [4.69, 9.17) is 5.73 Å². The van der Waals surface area contributed by atoms with Crippen LogP contribution in [0.2, 0.25) is 0 Å². The Morgan fingerprint density at radius 1 is 0.960 bits per heavy atom. The summed E-state index contributed by atoms with van der Waals surface area (Å²) < 4.78 is 2.04. The zero-order valence-electron chi connectivity index (χ0n) is 13.5. The SMILES string of the molecule is C[n+]1c(-c2ccccc2)csc1/N=N/c1[nH]c(N)c2ccccc12.[Br-]. The van der Waals surface area contributed by atoms with Crippen LogP contribution in [0.1, 0.15) is 0 Å². The van der Waals surface area contributed by atoms with E-state index >= 15 is 0 Å². The van der Waals surface area contributed by atoms with E-state index in [0.29, 0.717) is 11.6 Å². The van der Waals surface area contributed by atoms with Crippen molar-refractivity contribution in [2.75, 3.05) is 5.73 Å². The fraction of sp³-hybridized carbons (Fsp3) is 0.0556. The smallest absolute Gasteiger partial charge is 0.408 e. The van der Waals surface area contributed by atoms with E-state index in [1.54, 1.807) is 11.3 Å². The molecule has 2 aromatic heterocycles. The molecule has 0 saturated heterocycles. The summed E-state index contributed by atoms with van der Waals surface area (Å²) in [6.45, 7) is 0. The van der Waals surface area contributed by atoms with E-state index < -0.39 is 0 Å². The van der Waals surface area contributed by atoms with Crippen LogP contribution in [0.25, 0.3) is 22.0 Å². The number of benzene rings is 2. The van der Waals surface area contributed by atoms with Crippen molar-refractivity contribution in [3.63, 3.8) is 0 Å². The van der Waals surface area contributed by atoms with E-state index in [2.05, 4.69) is 32.7 Å². The standard InChI is InChI=1S/C18H15N5S.BrH/c1-23-15(12-7-3-2-4-8-12)11-24-18(23)22-21-17-14-10-6-5-9-13(14)16(19)20-17;/h2-11H,1H3,(H2,19,20,21);1H. The first-order valence-corrected chi connectivity index (χ1v) is 8.43. The molecule has 0 fully saturated rings. The molecule has 4 rings (SSSR count). The molecule has 0 radical (unpaired) electrons. The summed E-state index contributed by atoms with van der Waals surface area (Å²) in [6, 6.07) is 18.1. The van der Waals surface area contributed by atoms with Crippen molar-refractivity contribution in [2.45, 2.75) is 0 Å². The summed E-state index contributed by atoms with van der Waals surface area (Å²) in [4.78, 5) is 3.09. The number of anilines is 1. The Labute approximate surface area is 159 Å². The Morgan fingerprint density at radius 3 is 2.40 bits per heavy atom. The van der Waals surface area contributed by atoms with Gasteiger partial charge in [-0.1, -0.05) is 54.6 Å². The van der Waals surface area contributed by atoms with Crippen LogP contribution in [0.5, 0.6) is 0 Å². The molecular formula is C18H16BrN5S. The fourth-order valence-electron chi connectivity index (χ4n) is 2.69. The lowest BCUT2D eigenvalue weighted by atomic mass is 10.2. The molecule has 0 atom stereocenters. The monoisotopic (exact) mass is 413 g/mol. The second-order valence-electron chi connectivity index (χ2n) is 5.46. The topological polar surface area (TPSA) is 70.4 Å². The molecule has 0 spiro atoms. The number of azo groups is 1. The van der Waals surface area contributed by atoms with Crippen LogP contribution < -0.4 is 27.3 Å². The number of hydrogen-bond donors (Lipinski definition) is 2. The second-order valence-corrected chi connectivity index (χ2v) is 6.30. The molecule has 5 nitrogen and oxygen atoms in total. The Bertz CT molecular complexity index is 1040. The van der Waals surface area contributed by atoms with Gasteiger partial charge in [0.2, 0.25) is 0 Å². The molecule has 0 bridgehead atoms. The molecule has 0 aliphatic heterocycles. The number of thiazole rings is 1. The highest BCUT2D eigenvalue weighted by molar-refractivity contribution is 7.13. The van der Waals surface area contributed by atoms with Gasteiger partial charge in [-0.15, -0.1) is 0 Å². The van der Waals surface area contributed by atoms with Gasteiger partial charge in [-0.2, -0.15) is 0 Å². The van der Waals surface area contributed by atoms with Crippen molar-refractivity contribution >= 4 is 38.9 Å². The molecule has 0 saturated carbocycles. The van der Waals surface area contributed by atoms with Gasteiger partial charge in [-0.05, 0) is 16.5 Å². The zero-order chi connectivity index (χ0) is 16.5. The average molecular weight is 414 g/mol. The van der Waals surface area contributed by atoms with Gasteiger partial charge >= 0.3 is 5.13 Å². The molecule has 0 aliphatic carbocycles. The summed E-state index contributed by atoms with van der Waals surface area (Å²) in [7, 11) is 1.99. The van der Waals surface area contributed by atoms with Gasteiger partial charge in [0.15, 0.2) is 5.82 Å². The van der Waals surface area contributed by atoms with E-state index in [9.17, 15) is 0 Å². The van der Waals surface area contributed by atoms with E-state index in [0.717, 1.165) is 27.2 Å². The van der Waals surface area contributed by atoms with Crippen molar-refractivity contribution < 1.29 is 21.5 Å². The highest BCUT2D eigenvalue weighted by atomic mass is 79.9. The minimum Gasteiger partial charge on any atom is -1.00 e. The summed E-state index contributed by atoms with van der Waals surface area (Å²) >= 11 is 1.56. The van der Waals surface area contributed by atoms with Crippen molar-refractivity contribution in [3.8, 4) is 11.3 Å². The predicted octanol–water partition coefficient (Wildman–Crippen LogP) is 1.72. The second kappa shape index (κ2) is 7.16. The molecule has 2 heterocycles. The number of nitrogen functional groups attached to an aromatic ring is 1. The Hall–Kier alpha value is -2.51. The normalized spacial score (nSPS) is 11.1. The molecular weight excluding hydrogens is 398 g/mol. The van der Waals surface area contributed by atoms with Crippen LogP contribution in [-0.2, 0) is 7.05 Å². The number of nitrogens with two attached hydrogens (primary N) is 1. The van der Waals surface area contributed by atoms with Gasteiger partial charge in [0, 0.05) is 21.7 Å². The minimum atomic E-state index is 0. The number of aromatic amines is 1. The number of rotatable bonds is 3. The molecule has 25 heavy (non-hydrogen) atoms. The number of H-pyrrole nitrogens is 1. The van der Waals surface area contributed by atoms with Crippen molar-refractivity contribution in [3.05, 3.63) is 60.0 Å². The Morgan fingerprint density at radius 2 is 1.64 bits per heavy atom. The Kier molecular flexibility index (Phi) is 4.96. The number of nitrogens with one attached hydrogen (secondary N) is 1. The van der Waals surface area contributed by atoms with E-state index in [-0.39, 0.29) is 17.0 Å². The molecule has 2 aromatic carbocycles. The van der Waals surface area contributed by atoms with Gasteiger partial charge in [0.05, 0.1) is 12.2 Å². The van der Waals surface area contributed by atoms with Gasteiger partial charge in [-0.25, -0.2) is 4.57 Å². The maximum atomic E-state index is 6.00. The first-order chi connectivity index (χ1) is 11.7. The van der Waals surface area contributed by atoms with Crippen LogP contribution in [0, 0.1) is 0 Å². The molecule has 7 heteroatoms. The Balaban J connectivity index is 0.00000182. The first-order valence-electron chi connectivity index (χ1n) is 7.55. The number of hydrogen-bond acceptors (Lipinski definition) is 4. The molecule has 0 amide bonds. The highest BCUT2D eigenvalue weighted by Gasteiger charge is 2.17.